The fraction of sp³-hybridized carbons (Fsp3) is 0.231. The Morgan fingerprint density at radius 2 is 1.72 bits per heavy atom. The van der Waals surface area contributed by atoms with Crippen molar-refractivity contribution in [1.29, 1.82) is 0 Å². The Balaban J connectivity index is 0.00000120. The van der Waals surface area contributed by atoms with Crippen LogP contribution in [0.25, 0.3) is 10.8 Å². The van der Waals surface area contributed by atoms with Gasteiger partial charge in [-0.05, 0) is 6.07 Å². The number of nitrogens with one attached hydrogen (secondary N) is 1. The third-order valence-electron chi connectivity index (χ3n) is 2.93. The number of ether oxygens (including phenoxy) is 1. The highest BCUT2D eigenvalue weighted by Gasteiger charge is 2.21. The third-order valence-corrected chi connectivity index (χ3v) is 3.52. The molecule has 18 heavy (non-hydrogen) atoms. The predicted octanol–water partition coefficient (Wildman–Crippen LogP) is 3.92. The van der Waals surface area contributed by atoms with E-state index in [1.54, 1.807) is 6.07 Å². The topological polar surface area (TPSA) is 21.3 Å². The van der Waals surface area contributed by atoms with Gasteiger partial charge in [0.2, 0.25) is 0 Å². The molecule has 0 radical (unpaired) electrons. The van der Waals surface area contributed by atoms with Gasteiger partial charge in [0, 0.05) is 23.9 Å². The maximum Gasteiger partial charge on any atom is 0.146 e. The summed E-state index contributed by atoms with van der Waals surface area (Å²) in [7, 11) is 0. The van der Waals surface area contributed by atoms with Crippen LogP contribution in [0.1, 0.15) is 0 Å². The van der Waals surface area contributed by atoms with Crippen LogP contribution in [0.3, 0.4) is 0 Å². The van der Waals surface area contributed by atoms with Crippen LogP contribution in [0.4, 0.5) is 0 Å². The highest BCUT2D eigenvalue weighted by atomic mass is 35.5. The molecule has 5 heteroatoms. The molecule has 0 bridgehead atoms. The second-order valence-corrected chi connectivity index (χ2v) is 4.93. The van der Waals surface area contributed by atoms with Gasteiger partial charge in [0.15, 0.2) is 0 Å². The van der Waals surface area contributed by atoms with E-state index in [1.807, 2.05) is 24.3 Å². The van der Waals surface area contributed by atoms with Crippen molar-refractivity contribution in [2.75, 3.05) is 13.1 Å². The number of halogens is 3. The summed E-state index contributed by atoms with van der Waals surface area (Å²) in [4.78, 5) is 0. The molecule has 0 spiro atoms. The SMILES string of the molecule is Cl.Clc1cc(Cl)c2ccccc2c1OC1CNC1. The maximum absolute atomic E-state index is 6.20. The van der Waals surface area contributed by atoms with Gasteiger partial charge in [0.05, 0.1) is 10.0 Å². The molecule has 1 fully saturated rings. The molecule has 2 aromatic rings. The van der Waals surface area contributed by atoms with E-state index in [1.165, 1.54) is 0 Å². The molecule has 3 rings (SSSR count). The highest BCUT2D eigenvalue weighted by Crippen LogP contribution is 2.38. The predicted molar refractivity (Wildman–Crippen MR) is 78.5 cm³/mol. The van der Waals surface area contributed by atoms with Gasteiger partial charge in [0.1, 0.15) is 11.9 Å². The van der Waals surface area contributed by atoms with Gasteiger partial charge in [-0.1, -0.05) is 47.5 Å². The van der Waals surface area contributed by atoms with Gasteiger partial charge < -0.3 is 10.1 Å². The molecule has 1 aliphatic heterocycles. The number of hydrogen-bond acceptors (Lipinski definition) is 2. The van der Waals surface area contributed by atoms with Crippen LogP contribution in [-0.2, 0) is 0 Å². The Hall–Kier alpha value is -0.670. The normalized spacial score (nSPS) is 15.0. The number of benzene rings is 2. The van der Waals surface area contributed by atoms with Crippen LogP contribution in [0, 0.1) is 0 Å². The van der Waals surface area contributed by atoms with Gasteiger partial charge in [-0.2, -0.15) is 0 Å². The van der Waals surface area contributed by atoms with Crippen LogP contribution in [0.2, 0.25) is 10.0 Å². The van der Waals surface area contributed by atoms with E-state index in [9.17, 15) is 0 Å². The second-order valence-electron chi connectivity index (χ2n) is 4.11. The van der Waals surface area contributed by atoms with Crippen LogP contribution >= 0.6 is 35.6 Å². The fourth-order valence-corrected chi connectivity index (χ4v) is 2.49. The number of hydrogen-bond donors (Lipinski definition) is 1. The molecule has 2 aromatic carbocycles. The molecule has 0 atom stereocenters. The smallest absolute Gasteiger partial charge is 0.146 e. The summed E-state index contributed by atoms with van der Waals surface area (Å²) < 4.78 is 5.90. The molecule has 0 aromatic heterocycles. The largest absolute Gasteiger partial charge is 0.486 e. The van der Waals surface area contributed by atoms with Gasteiger partial charge in [-0.3, -0.25) is 0 Å². The van der Waals surface area contributed by atoms with E-state index >= 15 is 0 Å². The van der Waals surface area contributed by atoms with Crippen molar-refractivity contribution in [3.63, 3.8) is 0 Å². The standard InChI is InChI=1S/C13H11Cl2NO.ClH/c14-11-5-12(15)13(17-8-6-16-7-8)10-4-2-1-3-9(10)11;/h1-5,8,16H,6-7H2;1H. The number of rotatable bonds is 2. The second kappa shape index (κ2) is 5.54. The summed E-state index contributed by atoms with van der Waals surface area (Å²) in [5.41, 5.74) is 0. The fourth-order valence-electron chi connectivity index (χ4n) is 1.90. The van der Waals surface area contributed by atoms with Crippen molar-refractivity contribution >= 4 is 46.4 Å². The molecular weight excluding hydrogens is 293 g/mol. The van der Waals surface area contributed by atoms with Crippen LogP contribution < -0.4 is 10.1 Å². The lowest BCUT2D eigenvalue weighted by atomic mass is 10.1. The summed E-state index contributed by atoms with van der Waals surface area (Å²) in [6, 6.07) is 9.61. The van der Waals surface area contributed by atoms with Gasteiger partial charge in [0.25, 0.3) is 0 Å². The van der Waals surface area contributed by atoms with E-state index in [0.717, 1.165) is 29.6 Å². The van der Waals surface area contributed by atoms with Gasteiger partial charge >= 0.3 is 0 Å². The minimum Gasteiger partial charge on any atom is -0.486 e. The van der Waals surface area contributed by atoms with E-state index in [-0.39, 0.29) is 18.5 Å². The summed E-state index contributed by atoms with van der Waals surface area (Å²) >= 11 is 12.4. The Labute approximate surface area is 122 Å². The summed E-state index contributed by atoms with van der Waals surface area (Å²) in [6.45, 7) is 1.74. The molecule has 1 N–H and O–H groups in total. The van der Waals surface area contributed by atoms with Crippen molar-refractivity contribution in [2.45, 2.75) is 6.10 Å². The zero-order valence-electron chi connectivity index (χ0n) is 9.45. The van der Waals surface area contributed by atoms with E-state index in [2.05, 4.69) is 5.32 Å². The highest BCUT2D eigenvalue weighted by molar-refractivity contribution is 6.39. The summed E-state index contributed by atoms with van der Waals surface area (Å²) in [6.07, 6.45) is 0.206. The Morgan fingerprint density at radius 3 is 2.33 bits per heavy atom. The zero-order valence-corrected chi connectivity index (χ0v) is 11.8. The van der Waals surface area contributed by atoms with Crippen molar-refractivity contribution in [3.05, 3.63) is 40.4 Å². The molecule has 0 aliphatic carbocycles. The molecule has 1 heterocycles. The monoisotopic (exact) mass is 303 g/mol. The van der Waals surface area contributed by atoms with Crippen LogP contribution in [0.5, 0.6) is 5.75 Å². The quantitative estimate of drug-likeness (QED) is 0.908. The molecule has 0 unspecified atom stereocenters. The average Bonchev–Trinajstić information content (AvgIpc) is 2.26. The van der Waals surface area contributed by atoms with Crippen molar-refractivity contribution in [2.24, 2.45) is 0 Å². The van der Waals surface area contributed by atoms with Crippen molar-refractivity contribution in [3.8, 4) is 5.75 Å². The van der Waals surface area contributed by atoms with Crippen molar-refractivity contribution in [1.82, 2.24) is 5.32 Å². The van der Waals surface area contributed by atoms with Gasteiger partial charge in [-0.15, -0.1) is 12.4 Å². The lowest BCUT2D eigenvalue weighted by Crippen LogP contribution is -2.50. The Kier molecular flexibility index (Phi) is 4.23. The van der Waals surface area contributed by atoms with Gasteiger partial charge in [-0.25, -0.2) is 0 Å². The lowest BCUT2D eigenvalue weighted by molar-refractivity contribution is 0.144. The first kappa shape index (κ1) is 13.8. The Morgan fingerprint density at radius 1 is 1.06 bits per heavy atom. The minimum atomic E-state index is 0. The molecular formula is C13H12Cl3NO. The molecule has 0 amide bonds. The summed E-state index contributed by atoms with van der Waals surface area (Å²) in [5.74, 6) is 0.734. The first-order chi connectivity index (χ1) is 8.25. The molecule has 2 nitrogen and oxygen atoms in total. The molecule has 1 saturated heterocycles. The molecule has 96 valence electrons. The first-order valence-corrected chi connectivity index (χ1v) is 6.25. The average molecular weight is 305 g/mol. The molecule has 0 saturated carbocycles. The van der Waals surface area contributed by atoms with E-state index in [4.69, 9.17) is 27.9 Å². The maximum atomic E-state index is 6.20. The van der Waals surface area contributed by atoms with E-state index in [0.29, 0.717) is 10.0 Å². The number of fused-ring (bicyclic) bond motifs is 1. The van der Waals surface area contributed by atoms with Crippen LogP contribution in [0.15, 0.2) is 30.3 Å². The summed E-state index contributed by atoms with van der Waals surface area (Å²) in [5, 5.41) is 6.34. The minimum absolute atomic E-state index is 0. The molecule has 1 aliphatic rings. The van der Waals surface area contributed by atoms with Crippen LogP contribution in [-0.4, -0.2) is 19.2 Å². The van der Waals surface area contributed by atoms with Crippen molar-refractivity contribution < 1.29 is 4.74 Å². The lowest BCUT2D eigenvalue weighted by Gasteiger charge is -2.28. The Bertz CT molecular complexity index is 569. The van der Waals surface area contributed by atoms with E-state index < -0.39 is 0 Å². The first-order valence-electron chi connectivity index (χ1n) is 5.50. The zero-order chi connectivity index (χ0) is 11.8. The third kappa shape index (κ3) is 2.39.